The molecule has 2 atom stereocenters. The van der Waals surface area contributed by atoms with Crippen molar-refractivity contribution in [2.24, 2.45) is 5.41 Å². The molecule has 3 heterocycles. The topological polar surface area (TPSA) is 67.4 Å². The molecule has 0 bridgehead atoms. The van der Waals surface area contributed by atoms with Gasteiger partial charge in [-0.25, -0.2) is 4.98 Å². The number of pyridine rings is 2. The smallest absolute Gasteiger partial charge is 0.421 e. The predicted octanol–water partition coefficient (Wildman–Crippen LogP) is 4.99. The van der Waals surface area contributed by atoms with E-state index in [9.17, 15) is 18.0 Å². The van der Waals surface area contributed by atoms with Gasteiger partial charge in [0.05, 0.1) is 5.41 Å². The number of alkyl halides is 3. The van der Waals surface area contributed by atoms with Gasteiger partial charge in [-0.15, -0.1) is 0 Å². The van der Waals surface area contributed by atoms with Gasteiger partial charge in [0.15, 0.2) is 0 Å². The van der Waals surface area contributed by atoms with Crippen molar-refractivity contribution in [3.63, 3.8) is 0 Å². The summed E-state index contributed by atoms with van der Waals surface area (Å²) in [5, 5.41) is 3.15. The lowest BCUT2D eigenvalue weighted by atomic mass is 9.90. The summed E-state index contributed by atoms with van der Waals surface area (Å²) in [4.78, 5) is 23.8. The van der Waals surface area contributed by atoms with Gasteiger partial charge in [0, 0.05) is 49.7 Å². The van der Waals surface area contributed by atoms with E-state index < -0.39 is 23.0 Å². The number of nitrogens with one attached hydrogen (secondary N) is 1. The van der Waals surface area contributed by atoms with Crippen LogP contribution in [0.1, 0.15) is 42.1 Å². The number of nitrogens with zero attached hydrogens (tertiary/aromatic N) is 3. The zero-order valence-corrected chi connectivity index (χ0v) is 21.1. The molecule has 9 heteroatoms. The van der Waals surface area contributed by atoms with Crippen LogP contribution in [0.3, 0.4) is 0 Å². The maximum atomic E-state index is 13.4. The van der Waals surface area contributed by atoms with Crippen molar-refractivity contribution < 1.29 is 22.7 Å². The molecule has 37 heavy (non-hydrogen) atoms. The largest absolute Gasteiger partial charge is 0.476 e. The van der Waals surface area contributed by atoms with Crippen LogP contribution < -0.4 is 10.1 Å². The fourth-order valence-electron chi connectivity index (χ4n) is 4.44. The molecule has 4 rings (SSSR count). The van der Waals surface area contributed by atoms with Gasteiger partial charge in [-0.2, -0.15) is 13.2 Å². The minimum absolute atomic E-state index is 0.0186. The summed E-state index contributed by atoms with van der Waals surface area (Å²) in [7, 11) is 0. The SMILES string of the molecule is Cc1ccc(C2CN(Cc3ccccc3)CC2NC(=O)C(C)(C)COc2ncccc2C(F)(F)F)cn1. The molecule has 1 N–H and O–H groups in total. The number of hydrogen-bond acceptors (Lipinski definition) is 5. The molecule has 0 radical (unpaired) electrons. The molecule has 3 aromatic rings. The molecule has 0 spiro atoms. The number of halogens is 3. The standard InChI is InChI=1S/C28H31F3N4O2/c1-19-11-12-21(14-33-19)22-16-35(15-20-8-5-4-6-9-20)17-24(22)34-26(36)27(2,3)18-37-25-23(28(29,30)31)10-7-13-32-25/h4-14,22,24H,15-18H2,1-3H3,(H,34,36). The lowest BCUT2D eigenvalue weighted by Gasteiger charge is -2.28. The predicted molar refractivity (Wildman–Crippen MR) is 134 cm³/mol. The van der Waals surface area contributed by atoms with E-state index in [0.29, 0.717) is 6.54 Å². The van der Waals surface area contributed by atoms with Crippen LogP contribution in [0.5, 0.6) is 5.88 Å². The van der Waals surface area contributed by atoms with E-state index in [1.54, 1.807) is 13.8 Å². The van der Waals surface area contributed by atoms with Crippen molar-refractivity contribution in [3.05, 3.63) is 89.4 Å². The van der Waals surface area contributed by atoms with E-state index in [2.05, 4.69) is 32.3 Å². The van der Waals surface area contributed by atoms with E-state index in [4.69, 9.17) is 4.74 Å². The van der Waals surface area contributed by atoms with E-state index in [-0.39, 0.29) is 24.5 Å². The van der Waals surface area contributed by atoms with E-state index in [0.717, 1.165) is 30.4 Å². The van der Waals surface area contributed by atoms with Crippen LogP contribution in [0.15, 0.2) is 67.0 Å². The number of hydrogen-bond donors (Lipinski definition) is 1. The van der Waals surface area contributed by atoms with Gasteiger partial charge in [-0.05, 0) is 50.1 Å². The summed E-state index contributed by atoms with van der Waals surface area (Å²) in [6, 6.07) is 16.0. The van der Waals surface area contributed by atoms with Crippen LogP contribution in [0.25, 0.3) is 0 Å². The average molecular weight is 513 g/mol. The summed E-state index contributed by atoms with van der Waals surface area (Å²) < 4.78 is 45.4. The number of amides is 1. The van der Waals surface area contributed by atoms with Crippen LogP contribution in [0, 0.1) is 12.3 Å². The molecule has 2 aromatic heterocycles. The first-order chi connectivity index (χ1) is 17.5. The molecule has 1 fully saturated rings. The van der Waals surface area contributed by atoms with Crippen LogP contribution in [0.2, 0.25) is 0 Å². The highest BCUT2D eigenvalue weighted by Crippen LogP contribution is 2.35. The molecule has 6 nitrogen and oxygen atoms in total. The zero-order chi connectivity index (χ0) is 26.6. The lowest BCUT2D eigenvalue weighted by Crippen LogP contribution is -2.48. The van der Waals surface area contributed by atoms with Crippen molar-refractivity contribution in [2.45, 2.75) is 45.5 Å². The van der Waals surface area contributed by atoms with Crippen LogP contribution in [0.4, 0.5) is 13.2 Å². The first-order valence-electron chi connectivity index (χ1n) is 12.2. The van der Waals surface area contributed by atoms with Gasteiger partial charge in [0.25, 0.3) is 0 Å². The van der Waals surface area contributed by atoms with Gasteiger partial charge in [0.1, 0.15) is 12.2 Å². The number of benzene rings is 1. The molecule has 2 unspecified atom stereocenters. The first-order valence-corrected chi connectivity index (χ1v) is 12.2. The first kappa shape index (κ1) is 26.6. The Hall–Kier alpha value is -3.46. The molecule has 0 saturated carbocycles. The summed E-state index contributed by atoms with van der Waals surface area (Å²) in [5.41, 5.74) is 1.06. The van der Waals surface area contributed by atoms with Gasteiger partial charge in [-0.1, -0.05) is 36.4 Å². The highest BCUT2D eigenvalue weighted by atomic mass is 19.4. The Labute approximate surface area is 214 Å². The third-order valence-electron chi connectivity index (χ3n) is 6.58. The number of aryl methyl sites for hydroxylation is 1. The number of carbonyl (C=O) groups is 1. The molecule has 0 aliphatic carbocycles. The van der Waals surface area contributed by atoms with Gasteiger partial charge in [0.2, 0.25) is 11.8 Å². The molecule has 1 amide bonds. The average Bonchev–Trinajstić information content (AvgIpc) is 3.25. The Kier molecular flexibility index (Phi) is 7.82. The zero-order valence-electron chi connectivity index (χ0n) is 21.1. The second-order valence-corrected chi connectivity index (χ2v) is 10.1. The number of likely N-dealkylation sites (tertiary alicyclic amines) is 1. The molecule has 1 aliphatic rings. The summed E-state index contributed by atoms with van der Waals surface area (Å²) >= 11 is 0. The Bertz CT molecular complexity index is 1200. The van der Waals surface area contributed by atoms with E-state index >= 15 is 0 Å². The van der Waals surface area contributed by atoms with Gasteiger partial charge in [-0.3, -0.25) is 14.7 Å². The Balaban J connectivity index is 1.47. The third-order valence-corrected chi connectivity index (χ3v) is 6.58. The van der Waals surface area contributed by atoms with Crippen molar-refractivity contribution >= 4 is 5.91 Å². The monoisotopic (exact) mass is 512 g/mol. The van der Waals surface area contributed by atoms with Crippen LogP contribution >= 0.6 is 0 Å². The Morgan fingerprint density at radius 2 is 1.81 bits per heavy atom. The molecule has 1 aliphatic heterocycles. The summed E-state index contributed by atoms with van der Waals surface area (Å²) in [6.07, 6.45) is -1.52. The second-order valence-electron chi connectivity index (χ2n) is 10.1. The maximum absolute atomic E-state index is 13.4. The molecule has 1 saturated heterocycles. The fraction of sp³-hybridized carbons (Fsp3) is 0.393. The molecular weight excluding hydrogens is 481 g/mol. The van der Waals surface area contributed by atoms with E-state index in [1.165, 1.54) is 17.8 Å². The van der Waals surface area contributed by atoms with Gasteiger partial charge >= 0.3 is 6.18 Å². The summed E-state index contributed by atoms with van der Waals surface area (Å²) in [6.45, 7) is 7.09. The fourth-order valence-corrected chi connectivity index (χ4v) is 4.44. The quantitative estimate of drug-likeness (QED) is 0.461. The summed E-state index contributed by atoms with van der Waals surface area (Å²) in [5.74, 6) is -0.812. The minimum atomic E-state index is -4.60. The Morgan fingerprint density at radius 3 is 2.49 bits per heavy atom. The lowest BCUT2D eigenvalue weighted by molar-refractivity contribution is -0.139. The number of ether oxygens (including phenoxy) is 1. The number of rotatable bonds is 8. The van der Waals surface area contributed by atoms with Gasteiger partial charge < -0.3 is 10.1 Å². The second kappa shape index (κ2) is 10.9. The minimum Gasteiger partial charge on any atom is -0.476 e. The number of aromatic nitrogens is 2. The molecule has 1 aromatic carbocycles. The Morgan fingerprint density at radius 1 is 1.05 bits per heavy atom. The van der Waals surface area contributed by atoms with E-state index in [1.807, 2.05) is 43.5 Å². The van der Waals surface area contributed by atoms with Crippen molar-refractivity contribution in [3.8, 4) is 5.88 Å². The highest BCUT2D eigenvalue weighted by molar-refractivity contribution is 5.82. The molecule has 196 valence electrons. The number of carbonyl (C=O) groups excluding carboxylic acids is 1. The van der Waals surface area contributed by atoms with Crippen LogP contribution in [-0.4, -0.2) is 46.5 Å². The highest BCUT2D eigenvalue weighted by Gasteiger charge is 2.39. The van der Waals surface area contributed by atoms with Crippen molar-refractivity contribution in [1.29, 1.82) is 0 Å². The maximum Gasteiger partial charge on any atom is 0.421 e. The van der Waals surface area contributed by atoms with Crippen molar-refractivity contribution in [2.75, 3.05) is 19.7 Å². The van der Waals surface area contributed by atoms with Crippen LogP contribution in [-0.2, 0) is 17.5 Å². The third kappa shape index (κ3) is 6.65. The molecular formula is C28H31F3N4O2. The normalized spacial score (nSPS) is 18.5. The van der Waals surface area contributed by atoms with Crippen molar-refractivity contribution in [1.82, 2.24) is 20.2 Å².